The Balaban J connectivity index is 2.09. The summed E-state index contributed by atoms with van der Waals surface area (Å²) in [5.41, 5.74) is 2.38. The number of aromatic nitrogens is 2. The van der Waals surface area contributed by atoms with Crippen LogP contribution in [0.1, 0.15) is 19.7 Å². The Morgan fingerprint density at radius 1 is 1.33 bits per heavy atom. The van der Waals surface area contributed by atoms with Crippen LogP contribution < -0.4 is 0 Å². The highest BCUT2D eigenvalue weighted by atomic mass is 32.1. The third-order valence-electron chi connectivity index (χ3n) is 3.01. The van der Waals surface area contributed by atoms with E-state index in [1.54, 1.807) is 11.3 Å². The van der Waals surface area contributed by atoms with Crippen molar-refractivity contribution >= 4 is 37.8 Å². The summed E-state index contributed by atoms with van der Waals surface area (Å²) in [5.74, 6) is 0.920. The van der Waals surface area contributed by atoms with E-state index in [0.717, 1.165) is 16.2 Å². The molecule has 2 aromatic heterocycles. The molecule has 2 heterocycles. The van der Waals surface area contributed by atoms with E-state index in [1.807, 2.05) is 13.0 Å². The largest absolute Gasteiger partial charge is 0.337 e. The first-order chi connectivity index (χ1) is 8.78. The zero-order chi connectivity index (χ0) is 12.5. The maximum absolute atomic E-state index is 4.61. The molecule has 0 aliphatic rings. The molecule has 0 aliphatic carbocycles. The molecular weight excluding hydrogens is 240 g/mol. The standard InChI is InChI=1S/C15H14N2S/c1-3-10(2)8-9-13-16-14-11-6-4-5-7-12(11)18-15(14)17-13/h3-9H,1-2H3,(H,16,17)/b9-8-,10-3-. The summed E-state index contributed by atoms with van der Waals surface area (Å²) in [6, 6.07) is 8.40. The highest BCUT2D eigenvalue weighted by molar-refractivity contribution is 7.25. The Kier molecular flexibility index (Phi) is 2.76. The number of hydrogen-bond acceptors (Lipinski definition) is 2. The molecule has 3 aromatic rings. The molecule has 0 saturated carbocycles. The minimum Gasteiger partial charge on any atom is -0.337 e. The number of nitrogens with zero attached hydrogens (tertiary/aromatic N) is 1. The first-order valence-corrected chi connectivity index (χ1v) is 6.78. The second kappa shape index (κ2) is 4.42. The third kappa shape index (κ3) is 1.87. The van der Waals surface area contributed by atoms with Crippen LogP contribution in [0.3, 0.4) is 0 Å². The lowest BCUT2D eigenvalue weighted by molar-refractivity contribution is 1.29. The Morgan fingerprint density at radius 3 is 3.00 bits per heavy atom. The number of allylic oxidation sites excluding steroid dienone is 3. The van der Waals surface area contributed by atoms with Gasteiger partial charge < -0.3 is 4.98 Å². The van der Waals surface area contributed by atoms with Gasteiger partial charge in [0, 0.05) is 10.1 Å². The fraction of sp³-hybridized carbons (Fsp3) is 0.133. The van der Waals surface area contributed by atoms with Gasteiger partial charge in [0.25, 0.3) is 0 Å². The second-order valence-corrected chi connectivity index (χ2v) is 5.30. The number of benzene rings is 1. The Hall–Kier alpha value is -1.87. The molecule has 0 bridgehead atoms. The fourth-order valence-corrected chi connectivity index (χ4v) is 2.93. The van der Waals surface area contributed by atoms with E-state index >= 15 is 0 Å². The molecule has 0 atom stereocenters. The number of fused-ring (bicyclic) bond motifs is 3. The Morgan fingerprint density at radius 2 is 2.17 bits per heavy atom. The topological polar surface area (TPSA) is 28.7 Å². The van der Waals surface area contributed by atoms with E-state index in [-0.39, 0.29) is 0 Å². The number of thiophene rings is 1. The van der Waals surface area contributed by atoms with Crippen molar-refractivity contribution in [2.75, 3.05) is 0 Å². The van der Waals surface area contributed by atoms with Gasteiger partial charge in [0.1, 0.15) is 10.7 Å². The van der Waals surface area contributed by atoms with Crippen molar-refractivity contribution in [1.29, 1.82) is 0 Å². The molecule has 0 amide bonds. The molecule has 2 nitrogen and oxygen atoms in total. The molecule has 90 valence electrons. The van der Waals surface area contributed by atoms with Crippen molar-refractivity contribution in [3.63, 3.8) is 0 Å². The number of rotatable bonds is 2. The number of nitrogens with one attached hydrogen (secondary N) is 1. The van der Waals surface area contributed by atoms with Crippen molar-refractivity contribution in [2.24, 2.45) is 0 Å². The highest BCUT2D eigenvalue weighted by Gasteiger charge is 2.07. The maximum atomic E-state index is 4.61. The van der Waals surface area contributed by atoms with E-state index in [1.165, 1.54) is 15.7 Å². The molecule has 0 spiro atoms. The first kappa shape index (κ1) is 11.2. The zero-order valence-corrected chi connectivity index (χ0v) is 11.2. The van der Waals surface area contributed by atoms with Gasteiger partial charge in [-0.2, -0.15) is 0 Å². The minimum atomic E-state index is 0.920. The van der Waals surface area contributed by atoms with Gasteiger partial charge in [-0.15, -0.1) is 11.3 Å². The van der Waals surface area contributed by atoms with Crippen LogP contribution in [0.4, 0.5) is 0 Å². The molecule has 0 saturated heterocycles. The molecule has 0 radical (unpaired) electrons. The SMILES string of the molecule is C/C=C(C)\C=C/c1nc2sc3ccccc3c2[nH]1. The number of imidazole rings is 1. The van der Waals surface area contributed by atoms with E-state index in [2.05, 4.69) is 53.3 Å². The van der Waals surface area contributed by atoms with Crippen LogP contribution in [0.15, 0.2) is 42.0 Å². The lowest BCUT2D eigenvalue weighted by Crippen LogP contribution is -1.75. The smallest absolute Gasteiger partial charge is 0.143 e. The maximum Gasteiger partial charge on any atom is 0.143 e. The Bertz CT molecular complexity index is 759. The zero-order valence-electron chi connectivity index (χ0n) is 10.4. The van der Waals surface area contributed by atoms with Crippen LogP contribution in [0, 0.1) is 0 Å². The molecule has 0 aliphatic heterocycles. The van der Waals surface area contributed by atoms with Crippen molar-refractivity contribution in [3.8, 4) is 0 Å². The van der Waals surface area contributed by atoms with Gasteiger partial charge in [-0.3, -0.25) is 0 Å². The quantitative estimate of drug-likeness (QED) is 0.656. The summed E-state index contributed by atoms with van der Waals surface area (Å²) in [5, 5.41) is 1.26. The molecule has 3 rings (SSSR count). The van der Waals surface area contributed by atoms with Crippen molar-refractivity contribution < 1.29 is 0 Å². The Labute approximate surface area is 110 Å². The van der Waals surface area contributed by atoms with Crippen molar-refractivity contribution in [3.05, 3.63) is 47.8 Å². The van der Waals surface area contributed by atoms with E-state index in [0.29, 0.717) is 0 Å². The minimum absolute atomic E-state index is 0.920. The number of H-pyrrole nitrogens is 1. The summed E-state index contributed by atoms with van der Waals surface area (Å²) in [4.78, 5) is 9.07. The molecule has 18 heavy (non-hydrogen) atoms. The molecule has 0 unspecified atom stereocenters. The van der Waals surface area contributed by atoms with Gasteiger partial charge in [0.05, 0.1) is 5.52 Å². The van der Waals surface area contributed by atoms with Crippen LogP contribution in [-0.2, 0) is 0 Å². The predicted octanol–water partition coefficient (Wildman–Crippen LogP) is 4.76. The number of aromatic amines is 1. The summed E-state index contributed by atoms with van der Waals surface area (Å²) in [7, 11) is 0. The van der Waals surface area contributed by atoms with E-state index in [4.69, 9.17) is 0 Å². The molecule has 1 N–H and O–H groups in total. The summed E-state index contributed by atoms with van der Waals surface area (Å²) in [6.45, 7) is 4.12. The van der Waals surface area contributed by atoms with Gasteiger partial charge in [0.2, 0.25) is 0 Å². The second-order valence-electron chi connectivity index (χ2n) is 4.27. The average Bonchev–Trinajstić information content (AvgIpc) is 2.92. The van der Waals surface area contributed by atoms with E-state index in [9.17, 15) is 0 Å². The van der Waals surface area contributed by atoms with Crippen LogP contribution in [0.25, 0.3) is 26.5 Å². The first-order valence-electron chi connectivity index (χ1n) is 5.96. The van der Waals surface area contributed by atoms with Crippen molar-refractivity contribution in [2.45, 2.75) is 13.8 Å². The third-order valence-corrected chi connectivity index (χ3v) is 4.08. The van der Waals surface area contributed by atoms with Gasteiger partial charge in [-0.1, -0.05) is 35.9 Å². The monoisotopic (exact) mass is 254 g/mol. The summed E-state index contributed by atoms with van der Waals surface area (Å²) < 4.78 is 1.28. The summed E-state index contributed by atoms with van der Waals surface area (Å²) in [6.07, 6.45) is 6.18. The highest BCUT2D eigenvalue weighted by Crippen LogP contribution is 2.31. The average molecular weight is 254 g/mol. The molecule has 1 aromatic carbocycles. The lowest BCUT2D eigenvalue weighted by atomic mass is 10.2. The predicted molar refractivity (Wildman–Crippen MR) is 79.9 cm³/mol. The van der Waals surface area contributed by atoms with Crippen LogP contribution in [0.5, 0.6) is 0 Å². The normalized spacial score (nSPS) is 13.1. The van der Waals surface area contributed by atoms with Gasteiger partial charge in [0.15, 0.2) is 0 Å². The fourth-order valence-electron chi connectivity index (χ4n) is 1.88. The molecule has 0 fully saturated rings. The molecule has 3 heteroatoms. The lowest BCUT2D eigenvalue weighted by Gasteiger charge is -1.89. The molecular formula is C15H14N2S. The number of hydrogen-bond donors (Lipinski definition) is 1. The van der Waals surface area contributed by atoms with Crippen molar-refractivity contribution in [1.82, 2.24) is 9.97 Å². The van der Waals surface area contributed by atoms with Gasteiger partial charge >= 0.3 is 0 Å². The van der Waals surface area contributed by atoms with E-state index < -0.39 is 0 Å². The van der Waals surface area contributed by atoms with Gasteiger partial charge in [-0.25, -0.2) is 4.98 Å². The summed E-state index contributed by atoms with van der Waals surface area (Å²) >= 11 is 1.73. The van der Waals surface area contributed by atoms with Crippen LogP contribution >= 0.6 is 11.3 Å². The van der Waals surface area contributed by atoms with Crippen LogP contribution in [0.2, 0.25) is 0 Å². The van der Waals surface area contributed by atoms with Crippen LogP contribution in [-0.4, -0.2) is 9.97 Å². The van der Waals surface area contributed by atoms with Gasteiger partial charge in [-0.05, 0) is 26.0 Å².